The van der Waals surface area contributed by atoms with Gasteiger partial charge in [-0.25, -0.2) is 4.79 Å². The largest absolute Gasteiger partial charge is 0.480 e. The van der Waals surface area contributed by atoms with E-state index in [0.29, 0.717) is 4.88 Å². The van der Waals surface area contributed by atoms with Gasteiger partial charge in [0.25, 0.3) is 5.91 Å². The van der Waals surface area contributed by atoms with Gasteiger partial charge in [0.15, 0.2) is 0 Å². The molecular weight excluding hydrogens is 244 g/mol. The van der Waals surface area contributed by atoms with Gasteiger partial charge in [-0.05, 0) is 11.4 Å². The smallest absolute Gasteiger partial charge is 0.328 e. The molecule has 0 fully saturated rings. The Bertz CT molecular complexity index is 416. The second kappa shape index (κ2) is 6.00. The van der Waals surface area contributed by atoms with Gasteiger partial charge in [-0.2, -0.15) is 0 Å². The average Bonchev–Trinajstić information content (AvgIpc) is 2.76. The molecule has 17 heavy (non-hydrogen) atoms. The van der Waals surface area contributed by atoms with Crippen molar-refractivity contribution in [2.45, 2.75) is 13.0 Å². The van der Waals surface area contributed by atoms with Gasteiger partial charge in [0, 0.05) is 13.5 Å². The summed E-state index contributed by atoms with van der Waals surface area (Å²) in [6.45, 7) is 1.07. The number of carboxylic acids is 1. The Morgan fingerprint density at radius 1 is 1.47 bits per heavy atom. The molecule has 0 saturated heterocycles. The van der Waals surface area contributed by atoms with Crippen LogP contribution in [0.1, 0.15) is 16.6 Å². The number of carbonyl (C=O) groups excluding carboxylic acids is 2. The van der Waals surface area contributed by atoms with Crippen molar-refractivity contribution >= 4 is 29.1 Å². The molecule has 1 heterocycles. The molecule has 0 aromatic carbocycles. The maximum Gasteiger partial charge on any atom is 0.328 e. The Balaban J connectivity index is 2.49. The highest BCUT2D eigenvalue weighted by atomic mass is 32.1. The molecule has 0 radical (unpaired) electrons. The highest BCUT2D eigenvalue weighted by Gasteiger charge is 2.19. The number of rotatable bonds is 5. The number of amides is 2. The van der Waals surface area contributed by atoms with Crippen LogP contribution in [0.25, 0.3) is 0 Å². The van der Waals surface area contributed by atoms with E-state index in [2.05, 4.69) is 10.6 Å². The summed E-state index contributed by atoms with van der Waals surface area (Å²) < 4.78 is 0. The minimum atomic E-state index is -1.19. The average molecular weight is 256 g/mol. The molecule has 0 aliphatic rings. The van der Waals surface area contributed by atoms with Crippen LogP contribution in [0.15, 0.2) is 17.5 Å². The van der Waals surface area contributed by atoms with E-state index in [1.807, 2.05) is 0 Å². The fourth-order valence-corrected chi connectivity index (χ4v) is 1.78. The highest BCUT2D eigenvalue weighted by Crippen LogP contribution is 2.07. The Morgan fingerprint density at radius 2 is 2.18 bits per heavy atom. The summed E-state index contributed by atoms with van der Waals surface area (Å²) in [5.41, 5.74) is 0. The van der Waals surface area contributed by atoms with Crippen LogP contribution in [0.2, 0.25) is 0 Å². The maximum absolute atomic E-state index is 11.5. The van der Waals surface area contributed by atoms with E-state index in [4.69, 9.17) is 5.11 Å². The van der Waals surface area contributed by atoms with Gasteiger partial charge in [0.05, 0.1) is 4.88 Å². The number of carbonyl (C=O) groups is 3. The third-order valence-electron chi connectivity index (χ3n) is 1.89. The molecule has 0 aliphatic carbocycles. The van der Waals surface area contributed by atoms with Gasteiger partial charge < -0.3 is 15.7 Å². The molecule has 1 rings (SSSR count). The molecule has 0 aliphatic heterocycles. The number of aliphatic carboxylic acids is 1. The molecule has 1 aromatic heterocycles. The molecule has 3 N–H and O–H groups in total. The normalized spacial score (nSPS) is 11.6. The molecule has 2 amide bonds. The summed E-state index contributed by atoms with van der Waals surface area (Å²) >= 11 is 1.26. The summed E-state index contributed by atoms with van der Waals surface area (Å²) in [4.78, 5) is 33.5. The van der Waals surface area contributed by atoms with E-state index in [-0.39, 0.29) is 12.5 Å². The lowest BCUT2D eigenvalue weighted by Gasteiger charge is -2.13. The standard InChI is InChI=1S/C10H12N2O4S/c1-6(13)12-7(10(15)16)5-11-9(14)8-3-2-4-17-8/h2-4,7H,5H2,1H3,(H,11,14)(H,12,13)(H,15,16). The molecule has 1 aromatic rings. The minimum Gasteiger partial charge on any atom is -0.480 e. The molecule has 1 atom stereocenters. The Labute approximate surface area is 102 Å². The molecule has 0 bridgehead atoms. The SMILES string of the molecule is CC(=O)NC(CNC(=O)c1cccs1)C(=O)O. The third-order valence-corrected chi connectivity index (χ3v) is 2.76. The molecule has 6 nitrogen and oxygen atoms in total. The molecule has 92 valence electrons. The van der Waals surface area contributed by atoms with Crippen molar-refractivity contribution < 1.29 is 19.5 Å². The Hall–Kier alpha value is -1.89. The molecule has 0 saturated carbocycles. The van der Waals surface area contributed by atoms with Crippen molar-refractivity contribution in [3.8, 4) is 0 Å². The van der Waals surface area contributed by atoms with Gasteiger partial charge in [-0.1, -0.05) is 6.07 Å². The van der Waals surface area contributed by atoms with Crippen LogP contribution in [-0.4, -0.2) is 35.5 Å². The summed E-state index contributed by atoms with van der Waals surface area (Å²) in [5, 5.41) is 15.2. The first-order valence-corrected chi connectivity index (χ1v) is 5.70. The van der Waals surface area contributed by atoms with Crippen LogP contribution < -0.4 is 10.6 Å². The quantitative estimate of drug-likeness (QED) is 0.694. The Morgan fingerprint density at radius 3 is 2.65 bits per heavy atom. The second-order valence-electron chi connectivity index (χ2n) is 3.28. The summed E-state index contributed by atoms with van der Waals surface area (Å²) in [6.07, 6.45) is 0. The lowest BCUT2D eigenvalue weighted by molar-refractivity contribution is -0.141. The van der Waals surface area contributed by atoms with Crippen molar-refractivity contribution in [3.05, 3.63) is 22.4 Å². The van der Waals surface area contributed by atoms with Crippen molar-refractivity contribution in [1.29, 1.82) is 0 Å². The minimum absolute atomic E-state index is 0.147. The monoisotopic (exact) mass is 256 g/mol. The van der Waals surface area contributed by atoms with E-state index in [1.54, 1.807) is 17.5 Å². The van der Waals surface area contributed by atoms with Crippen LogP contribution in [0.4, 0.5) is 0 Å². The first kappa shape index (κ1) is 13.2. The van der Waals surface area contributed by atoms with E-state index < -0.39 is 17.9 Å². The van der Waals surface area contributed by atoms with Crippen LogP contribution in [0, 0.1) is 0 Å². The molecule has 0 spiro atoms. The Kier molecular flexibility index (Phi) is 4.65. The predicted octanol–water partition coefficient (Wildman–Crippen LogP) is 0.0672. The van der Waals surface area contributed by atoms with Crippen molar-refractivity contribution in [2.24, 2.45) is 0 Å². The maximum atomic E-state index is 11.5. The first-order chi connectivity index (χ1) is 8.00. The number of nitrogens with one attached hydrogen (secondary N) is 2. The van der Waals surface area contributed by atoms with Gasteiger partial charge >= 0.3 is 5.97 Å². The van der Waals surface area contributed by atoms with Crippen LogP contribution in [-0.2, 0) is 9.59 Å². The lowest BCUT2D eigenvalue weighted by atomic mass is 10.3. The number of carboxylic acid groups (broad SMARTS) is 1. The van der Waals surface area contributed by atoms with Gasteiger partial charge in [-0.3, -0.25) is 9.59 Å². The number of hydrogen-bond donors (Lipinski definition) is 3. The lowest BCUT2D eigenvalue weighted by Crippen LogP contribution is -2.47. The molecular formula is C10H12N2O4S. The first-order valence-electron chi connectivity index (χ1n) is 4.82. The zero-order valence-corrected chi connectivity index (χ0v) is 9.91. The van der Waals surface area contributed by atoms with Crippen LogP contribution in [0.3, 0.4) is 0 Å². The van der Waals surface area contributed by atoms with Crippen LogP contribution >= 0.6 is 11.3 Å². The fourth-order valence-electron chi connectivity index (χ4n) is 1.14. The number of hydrogen-bond acceptors (Lipinski definition) is 4. The number of thiophene rings is 1. The zero-order chi connectivity index (χ0) is 12.8. The topological polar surface area (TPSA) is 95.5 Å². The van der Waals surface area contributed by atoms with Crippen LogP contribution in [0.5, 0.6) is 0 Å². The second-order valence-corrected chi connectivity index (χ2v) is 4.23. The molecule has 7 heteroatoms. The van der Waals surface area contributed by atoms with E-state index in [1.165, 1.54) is 18.3 Å². The summed E-state index contributed by atoms with van der Waals surface area (Å²) in [5.74, 6) is -1.99. The van der Waals surface area contributed by atoms with Gasteiger partial charge in [-0.15, -0.1) is 11.3 Å². The van der Waals surface area contributed by atoms with Gasteiger partial charge in [0.2, 0.25) is 5.91 Å². The summed E-state index contributed by atoms with van der Waals surface area (Å²) in [7, 11) is 0. The van der Waals surface area contributed by atoms with E-state index in [0.717, 1.165) is 0 Å². The predicted molar refractivity (Wildman–Crippen MR) is 61.9 cm³/mol. The fraction of sp³-hybridized carbons (Fsp3) is 0.300. The van der Waals surface area contributed by atoms with E-state index >= 15 is 0 Å². The highest BCUT2D eigenvalue weighted by molar-refractivity contribution is 7.12. The van der Waals surface area contributed by atoms with E-state index in [9.17, 15) is 14.4 Å². The zero-order valence-electron chi connectivity index (χ0n) is 9.10. The van der Waals surface area contributed by atoms with Gasteiger partial charge in [0.1, 0.15) is 6.04 Å². The van der Waals surface area contributed by atoms with Crippen molar-refractivity contribution in [2.75, 3.05) is 6.54 Å². The van der Waals surface area contributed by atoms with Crippen molar-refractivity contribution in [1.82, 2.24) is 10.6 Å². The molecule has 1 unspecified atom stereocenters. The van der Waals surface area contributed by atoms with Crippen molar-refractivity contribution in [3.63, 3.8) is 0 Å². The third kappa shape index (κ3) is 4.23. The summed E-state index contributed by atoms with van der Waals surface area (Å²) in [6, 6.07) is 2.24.